The van der Waals surface area contributed by atoms with Crippen LogP contribution in [0.1, 0.15) is 11.1 Å². The molecule has 0 radical (unpaired) electrons. The van der Waals surface area contributed by atoms with Crippen LogP contribution >= 0.6 is 15.9 Å². The molecule has 0 saturated heterocycles. The highest BCUT2D eigenvalue weighted by Gasteiger charge is 2.15. The van der Waals surface area contributed by atoms with E-state index in [2.05, 4.69) is 26.2 Å². The second-order valence-corrected chi connectivity index (χ2v) is 5.58. The minimum Gasteiger partial charge on any atom is -0.493 e. The first-order chi connectivity index (χ1) is 10.6. The Morgan fingerprint density at radius 3 is 2.41 bits per heavy atom. The topological polar surface area (TPSA) is 52.6 Å². The average Bonchev–Trinajstić information content (AvgIpc) is 2.52. The largest absolute Gasteiger partial charge is 0.493 e. The number of benzene rings is 1. The van der Waals surface area contributed by atoms with E-state index in [4.69, 9.17) is 14.2 Å². The highest BCUT2D eigenvalue weighted by Crippen LogP contribution is 2.39. The van der Waals surface area contributed by atoms with E-state index >= 15 is 0 Å². The average molecular weight is 367 g/mol. The highest BCUT2D eigenvalue weighted by atomic mass is 79.9. The number of anilines is 1. The van der Waals surface area contributed by atoms with Gasteiger partial charge in [-0.3, -0.25) is 0 Å². The quantitative estimate of drug-likeness (QED) is 0.842. The summed E-state index contributed by atoms with van der Waals surface area (Å²) in [6.45, 7) is 2.57. The van der Waals surface area contributed by atoms with E-state index < -0.39 is 0 Å². The maximum Gasteiger partial charge on any atom is 0.203 e. The molecular formula is C16H19BrN2O3. The molecule has 22 heavy (non-hydrogen) atoms. The molecule has 0 saturated carbocycles. The summed E-state index contributed by atoms with van der Waals surface area (Å²) >= 11 is 3.41. The summed E-state index contributed by atoms with van der Waals surface area (Å²) in [5, 5.41) is 3.31. The summed E-state index contributed by atoms with van der Waals surface area (Å²) in [4.78, 5) is 4.37. The molecule has 1 aromatic heterocycles. The second kappa shape index (κ2) is 7.35. The Morgan fingerprint density at radius 1 is 1.09 bits per heavy atom. The number of halogens is 1. The van der Waals surface area contributed by atoms with Gasteiger partial charge in [-0.05, 0) is 46.6 Å². The van der Waals surface area contributed by atoms with Gasteiger partial charge in [0.15, 0.2) is 11.5 Å². The van der Waals surface area contributed by atoms with Gasteiger partial charge in [-0.1, -0.05) is 0 Å². The van der Waals surface area contributed by atoms with Crippen LogP contribution in [0.3, 0.4) is 0 Å². The third kappa shape index (κ3) is 3.44. The van der Waals surface area contributed by atoms with E-state index in [0.717, 1.165) is 21.4 Å². The predicted molar refractivity (Wildman–Crippen MR) is 90.1 cm³/mol. The van der Waals surface area contributed by atoms with E-state index in [1.807, 2.05) is 25.1 Å². The van der Waals surface area contributed by atoms with Crippen LogP contribution in [0.5, 0.6) is 17.2 Å². The van der Waals surface area contributed by atoms with Gasteiger partial charge >= 0.3 is 0 Å². The minimum absolute atomic E-state index is 0.568. The van der Waals surface area contributed by atoms with Crippen LogP contribution in [0.15, 0.2) is 28.9 Å². The number of aromatic nitrogens is 1. The fourth-order valence-electron chi connectivity index (χ4n) is 2.21. The van der Waals surface area contributed by atoms with Gasteiger partial charge in [-0.25, -0.2) is 4.98 Å². The zero-order valence-corrected chi connectivity index (χ0v) is 14.7. The summed E-state index contributed by atoms with van der Waals surface area (Å²) in [7, 11) is 4.81. The highest BCUT2D eigenvalue weighted by molar-refractivity contribution is 9.10. The number of nitrogens with one attached hydrogen (secondary N) is 1. The Kier molecular flexibility index (Phi) is 5.49. The Labute approximate surface area is 138 Å². The molecule has 0 aliphatic rings. The fraction of sp³-hybridized carbons (Fsp3) is 0.312. The van der Waals surface area contributed by atoms with Crippen molar-refractivity contribution in [2.75, 3.05) is 26.6 Å². The zero-order chi connectivity index (χ0) is 16.1. The van der Waals surface area contributed by atoms with Crippen LogP contribution in [0.4, 0.5) is 5.82 Å². The normalized spacial score (nSPS) is 10.2. The first-order valence-corrected chi connectivity index (χ1v) is 7.53. The van der Waals surface area contributed by atoms with Crippen LogP contribution in [0.2, 0.25) is 0 Å². The molecule has 0 spiro atoms. The standard InChI is InChI=1S/C16H19BrN2O3/c1-10-7-12(17)9-19-16(10)18-8-11-5-6-13(20-2)15(22-4)14(11)21-3/h5-7,9H,8H2,1-4H3,(H,18,19). The fourth-order valence-corrected chi connectivity index (χ4v) is 2.65. The molecule has 0 fully saturated rings. The van der Waals surface area contributed by atoms with Gasteiger partial charge in [0, 0.05) is 22.8 Å². The summed E-state index contributed by atoms with van der Waals surface area (Å²) in [6, 6.07) is 5.82. The van der Waals surface area contributed by atoms with Crippen molar-refractivity contribution in [2.24, 2.45) is 0 Å². The van der Waals surface area contributed by atoms with Crippen molar-refractivity contribution in [1.82, 2.24) is 4.98 Å². The number of hydrogen-bond donors (Lipinski definition) is 1. The molecule has 5 nitrogen and oxygen atoms in total. The van der Waals surface area contributed by atoms with E-state index in [1.165, 1.54) is 0 Å². The third-order valence-corrected chi connectivity index (χ3v) is 3.71. The Morgan fingerprint density at radius 2 is 1.82 bits per heavy atom. The van der Waals surface area contributed by atoms with Crippen molar-refractivity contribution in [3.8, 4) is 17.2 Å². The molecule has 2 aromatic rings. The summed E-state index contributed by atoms with van der Waals surface area (Å²) < 4.78 is 17.1. The molecule has 0 aliphatic heterocycles. The van der Waals surface area contributed by atoms with Crippen molar-refractivity contribution < 1.29 is 14.2 Å². The molecule has 0 aliphatic carbocycles. The van der Waals surface area contributed by atoms with Gasteiger partial charge in [0.25, 0.3) is 0 Å². The van der Waals surface area contributed by atoms with Gasteiger partial charge in [-0.15, -0.1) is 0 Å². The smallest absolute Gasteiger partial charge is 0.203 e. The maximum atomic E-state index is 5.47. The van der Waals surface area contributed by atoms with Gasteiger partial charge in [0.2, 0.25) is 5.75 Å². The van der Waals surface area contributed by atoms with E-state index in [9.17, 15) is 0 Å². The molecular weight excluding hydrogens is 348 g/mol. The number of aryl methyl sites for hydroxylation is 1. The van der Waals surface area contributed by atoms with Crippen LogP contribution < -0.4 is 19.5 Å². The molecule has 0 unspecified atom stereocenters. The van der Waals surface area contributed by atoms with Crippen molar-refractivity contribution >= 4 is 21.7 Å². The third-order valence-electron chi connectivity index (χ3n) is 3.28. The molecule has 0 amide bonds. The molecule has 118 valence electrons. The number of methoxy groups -OCH3 is 3. The lowest BCUT2D eigenvalue weighted by Crippen LogP contribution is -2.06. The molecule has 1 aromatic carbocycles. The number of ether oxygens (including phenoxy) is 3. The lowest BCUT2D eigenvalue weighted by Gasteiger charge is -2.16. The Bertz CT molecular complexity index is 662. The van der Waals surface area contributed by atoms with Crippen molar-refractivity contribution in [3.05, 3.63) is 40.0 Å². The van der Waals surface area contributed by atoms with Gasteiger partial charge in [-0.2, -0.15) is 0 Å². The van der Waals surface area contributed by atoms with E-state index in [0.29, 0.717) is 23.8 Å². The Balaban J connectivity index is 2.26. The number of rotatable bonds is 6. The first kappa shape index (κ1) is 16.4. The van der Waals surface area contributed by atoms with Crippen LogP contribution in [0.25, 0.3) is 0 Å². The van der Waals surface area contributed by atoms with Crippen molar-refractivity contribution in [3.63, 3.8) is 0 Å². The second-order valence-electron chi connectivity index (χ2n) is 4.67. The molecule has 6 heteroatoms. The van der Waals surface area contributed by atoms with Gasteiger partial charge in [0.1, 0.15) is 5.82 Å². The van der Waals surface area contributed by atoms with Crippen molar-refractivity contribution in [1.29, 1.82) is 0 Å². The lowest BCUT2D eigenvalue weighted by atomic mass is 10.1. The van der Waals surface area contributed by atoms with Crippen LogP contribution in [0, 0.1) is 6.92 Å². The van der Waals surface area contributed by atoms with E-state index in [1.54, 1.807) is 27.5 Å². The lowest BCUT2D eigenvalue weighted by molar-refractivity contribution is 0.322. The minimum atomic E-state index is 0.568. The summed E-state index contributed by atoms with van der Waals surface area (Å²) in [5.74, 6) is 2.72. The summed E-state index contributed by atoms with van der Waals surface area (Å²) in [6.07, 6.45) is 1.77. The molecule has 0 atom stereocenters. The number of pyridine rings is 1. The summed E-state index contributed by atoms with van der Waals surface area (Å²) in [5.41, 5.74) is 2.03. The van der Waals surface area contributed by atoms with Crippen molar-refractivity contribution in [2.45, 2.75) is 13.5 Å². The zero-order valence-electron chi connectivity index (χ0n) is 13.1. The maximum absolute atomic E-state index is 5.47. The van der Waals surface area contributed by atoms with Gasteiger partial charge in [0.05, 0.1) is 21.3 Å². The molecule has 0 bridgehead atoms. The SMILES string of the molecule is COc1ccc(CNc2ncc(Br)cc2C)c(OC)c1OC. The molecule has 1 heterocycles. The monoisotopic (exact) mass is 366 g/mol. The van der Waals surface area contributed by atoms with Gasteiger partial charge < -0.3 is 19.5 Å². The van der Waals surface area contributed by atoms with Crippen LogP contribution in [-0.4, -0.2) is 26.3 Å². The number of hydrogen-bond acceptors (Lipinski definition) is 5. The van der Waals surface area contributed by atoms with Crippen LogP contribution in [-0.2, 0) is 6.54 Å². The predicted octanol–water partition coefficient (Wildman–Crippen LogP) is 3.79. The first-order valence-electron chi connectivity index (χ1n) is 6.74. The molecule has 2 rings (SSSR count). The molecule has 1 N–H and O–H groups in total. The number of nitrogens with zero attached hydrogens (tertiary/aromatic N) is 1. The Hall–Kier alpha value is -1.95. The van der Waals surface area contributed by atoms with E-state index in [-0.39, 0.29) is 0 Å².